The van der Waals surface area contributed by atoms with Gasteiger partial charge in [0.05, 0.1) is 6.61 Å². The molecule has 80 valence electrons. The fourth-order valence-electron chi connectivity index (χ4n) is 1.02. The predicted octanol–water partition coefficient (Wildman–Crippen LogP) is 2.57. The van der Waals surface area contributed by atoms with Crippen LogP contribution < -0.4 is 0 Å². The highest BCUT2D eigenvalue weighted by Gasteiger charge is 2.03. The Morgan fingerprint density at radius 1 is 1.43 bits per heavy atom. The first-order chi connectivity index (χ1) is 6.58. The van der Waals surface area contributed by atoms with Crippen LogP contribution >= 0.6 is 22.0 Å². The minimum Gasteiger partial charge on any atom is -0.258 e. The third kappa shape index (κ3) is 5.59. The molecule has 1 rings (SSSR count). The Labute approximate surface area is 92.3 Å². The van der Waals surface area contributed by atoms with Gasteiger partial charge in [0.1, 0.15) is 0 Å². The Kier molecular flexibility index (Phi) is 4.88. The molecule has 3 nitrogen and oxygen atoms in total. The molecule has 0 fully saturated rings. The van der Waals surface area contributed by atoms with E-state index in [4.69, 9.17) is 10.7 Å². The van der Waals surface area contributed by atoms with E-state index in [-0.39, 0.29) is 6.61 Å². The number of aryl methyl sites for hydroxylation is 1. The zero-order valence-corrected chi connectivity index (χ0v) is 9.87. The maximum Gasteiger partial charge on any atom is 0.355 e. The summed E-state index contributed by atoms with van der Waals surface area (Å²) >= 11 is 1.66. The zero-order chi connectivity index (χ0) is 10.4. The maximum absolute atomic E-state index is 10.4. The summed E-state index contributed by atoms with van der Waals surface area (Å²) in [7, 11) is 1.08. The smallest absolute Gasteiger partial charge is 0.258 e. The van der Waals surface area contributed by atoms with Crippen molar-refractivity contribution in [1.82, 2.24) is 0 Å². The van der Waals surface area contributed by atoms with Gasteiger partial charge in [0.2, 0.25) is 0 Å². The first kappa shape index (κ1) is 12.0. The topological polar surface area (TPSA) is 43.4 Å². The van der Waals surface area contributed by atoms with Gasteiger partial charge in [-0.25, -0.2) is 0 Å². The molecule has 0 unspecified atom stereocenters. The summed E-state index contributed by atoms with van der Waals surface area (Å²) in [6.45, 7) is 0.163. The van der Waals surface area contributed by atoms with Gasteiger partial charge in [-0.3, -0.25) is 4.18 Å². The molecule has 0 saturated heterocycles. The number of unbranched alkanes of at least 4 members (excludes halogenated alkanes) is 1. The fourth-order valence-corrected chi connectivity index (χ4v) is 2.23. The molecule has 0 bridgehead atoms. The largest absolute Gasteiger partial charge is 0.355 e. The average Bonchev–Trinajstić information content (AvgIpc) is 2.54. The van der Waals surface area contributed by atoms with Gasteiger partial charge in [0, 0.05) is 10.7 Å². The fraction of sp³-hybridized carbons (Fsp3) is 0.500. The van der Waals surface area contributed by atoms with Crippen molar-refractivity contribution >= 4 is 31.4 Å². The van der Waals surface area contributed by atoms with Gasteiger partial charge in [0.15, 0.2) is 0 Å². The predicted molar refractivity (Wildman–Crippen MR) is 58.0 cm³/mol. The van der Waals surface area contributed by atoms with Crippen LogP contribution in [0.15, 0.2) is 16.8 Å². The van der Waals surface area contributed by atoms with Crippen molar-refractivity contribution in [3.8, 4) is 0 Å². The van der Waals surface area contributed by atoms with Gasteiger partial charge in [-0.1, -0.05) is 0 Å². The van der Waals surface area contributed by atoms with Crippen molar-refractivity contribution in [2.75, 3.05) is 6.61 Å². The molecule has 0 aromatic carbocycles. The average molecular weight is 255 g/mol. The quantitative estimate of drug-likeness (QED) is 0.579. The summed E-state index contributed by atoms with van der Waals surface area (Å²) in [5.74, 6) is 0. The minimum absolute atomic E-state index is 0.163. The number of hydrogen-bond donors (Lipinski definition) is 0. The number of hydrogen-bond acceptors (Lipinski definition) is 4. The lowest BCUT2D eigenvalue weighted by Gasteiger charge is -1.99. The lowest BCUT2D eigenvalue weighted by Crippen LogP contribution is -1.99. The highest BCUT2D eigenvalue weighted by atomic mass is 35.7. The van der Waals surface area contributed by atoms with E-state index in [1.165, 1.54) is 5.56 Å². The van der Waals surface area contributed by atoms with Crippen molar-refractivity contribution in [3.05, 3.63) is 22.4 Å². The van der Waals surface area contributed by atoms with Crippen LogP contribution in [-0.2, 0) is 19.9 Å². The van der Waals surface area contributed by atoms with E-state index in [2.05, 4.69) is 15.6 Å². The molecule has 1 heterocycles. The minimum atomic E-state index is -3.78. The molecule has 0 spiro atoms. The van der Waals surface area contributed by atoms with Gasteiger partial charge in [-0.15, -0.1) is 0 Å². The molecule has 14 heavy (non-hydrogen) atoms. The van der Waals surface area contributed by atoms with E-state index < -0.39 is 9.33 Å². The Morgan fingerprint density at radius 3 is 2.79 bits per heavy atom. The molecule has 1 aromatic rings. The first-order valence-corrected chi connectivity index (χ1v) is 7.36. The molecule has 0 aliphatic carbocycles. The van der Waals surface area contributed by atoms with Crippen molar-refractivity contribution in [2.45, 2.75) is 19.3 Å². The second kappa shape index (κ2) is 5.70. The molecular weight excluding hydrogens is 244 g/mol. The van der Waals surface area contributed by atoms with Crippen LogP contribution in [-0.4, -0.2) is 15.0 Å². The summed E-state index contributed by atoms with van der Waals surface area (Å²) in [5.41, 5.74) is 1.28. The molecule has 0 saturated carbocycles. The molecule has 0 amide bonds. The van der Waals surface area contributed by atoms with E-state index in [9.17, 15) is 8.42 Å². The summed E-state index contributed by atoms with van der Waals surface area (Å²) < 4.78 is 25.1. The van der Waals surface area contributed by atoms with Gasteiger partial charge in [-0.2, -0.15) is 19.8 Å². The summed E-state index contributed by atoms with van der Waals surface area (Å²) in [4.78, 5) is 0. The second-order valence-electron chi connectivity index (χ2n) is 2.80. The van der Waals surface area contributed by atoms with Crippen molar-refractivity contribution in [3.63, 3.8) is 0 Å². The molecule has 0 aliphatic rings. The molecule has 1 aromatic heterocycles. The number of halogens is 1. The second-order valence-corrected chi connectivity index (χ2v) is 5.74. The highest BCUT2D eigenvalue weighted by Crippen LogP contribution is 2.10. The first-order valence-electron chi connectivity index (χ1n) is 4.18. The zero-order valence-electron chi connectivity index (χ0n) is 7.48. The Bertz CT molecular complexity index is 345. The number of thiophene rings is 1. The van der Waals surface area contributed by atoms with E-state index in [1.807, 2.05) is 5.38 Å². The molecule has 0 N–H and O–H groups in total. The molecule has 0 aliphatic heterocycles. The molecule has 0 radical (unpaired) electrons. The third-order valence-electron chi connectivity index (χ3n) is 1.66. The van der Waals surface area contributed by atoms with Gasteiger partial charge < -0.3 is 0 Å². The number of rotatable bonds is 6. The van der Waals surface area contributed by atoms with Crippen molar-refractivity contribution in [2.24, 2.45) is 0 Å². The lowest BCUT2D eigenvalue weighted by atomic mass is 10.1. The van der Waals surface area contributed by atoms with Crippen LogP contribution in [0.5, 0.6) is 0 Å². The molecule has 6 heteroatoms. The van der Waals surface area contributed by atoms with Crippen LogP contribution in [0.4, 0.5) is 0 Å². The van der Waals surface area contributed by atoms with Crippen LogP contribution in [0.2, 0.25) is 0 Å². The Hall–Kier alpha value is -0.100. The van der Waals surface area contributed by atoms with Crippen molar-refractivity contribution < 1.29 is 12.6 Å². The van der Waals surface area contributed by atoms with E-state index in [1.54, 1.807) is 11.3 Å². The van der Waals surface area contributed by atoms with E-state index >= 15 is 0 Å². The normalized spacial score (nSPS) is 11.8. The summed E-state index contributed by atoms with van der Waals surface area (Å²) in [6.07, 6.45) is 2.56. The van der Waals surface area contributed by atoms with Gasteiger partial charge in [0.25, 0.3) is 0 Å². The summed E-state index contributed by atoms with van der Waals surface area (Å²) in [5, 5.41) is 4.11. The highest BCUT2D eigenvalue weighted by molar-refractivity contribution is 8.09. The third-order valence-corrected chi connectivity index (χ3v) is 3.11. The Morgan fingerprint density at radius 2 is 2.21 bits per heavy atom. The van der Waals surface area contributed by atoms with E-state index in [0.29, 0.717) is 6.42 Å². The van der Waals surface area contributed by atoms with Crippen LogP contribution in [0.3, 0.4) is 0 Å². The van der Waals surface area contributed by atoms with E-state index in [0.717, 1.165) is 12.8 Å². The monoisotopic (exact) mass is 254 g/mol. The summed E-state index contributed by atoms with van der Waals surface area (Å²) in [6, 6.07) is 2.06. The SMILES string of the molecule is O=S(=O)(Cl)OCCCCc1ccsc1. The Balaban J connectivity index is 2.06. The van der Waals surface area contributed by atoms with Crippen LogP contribution in [0, 0.1) is 0 Å². The van der Waals surface area contributed by atoms with Crippen LogP contribution in [0.25, 0.3) is 0 Å². The standard InChI is InChI=1S/C8H11ClO3S2/c9-14(10,11)12-5-2-1-3-8-4-6-13-7-8/h4,6-7H,1-3,5H2. The maximum atomic E-state index is 10.4. The van der Waals surface area contributed by atoms with Gasteiger partial charge in [-0.05, 0) is 41.7 Å². The van der Waals surface area contributed by atoms with Crippen molar-refractivity contribution in [1.29, 1.82) is 0 Å². The van der Waals surface area contributed by atoms with Gasteiger partial charge >= 0.3 is 9.33 Å². The van der Waals surface area contributed by atoms with Crippen LogP contribution in [0.1, 0.15) is 18.4 Å². The lowest BCUT2D eigenvalue weighted by molar-refractivity contribution is 0.318. The molecular formula is C8H11ClO3S2. The molecule has 0 atom stereocenters.